The number of pyridine rings is 1. The van der Waals surface area contributed by atoms with E-state index in [-0.39, 0.29) is 16.4 Å². The van der Waals surface area contributed by atoms with Crippen LogP contribution in [0.2, 0.25) is 5.02 Å². The van der Waals surface area contributed by atoms with Gasteiger partial charge >= 0.3 is 0 Å². The molecule has 0 N–H and O–H groups in total. The molecule has 0 fully saturated rings. The van der Waals surface area contributed by atoms with E-state index in [1.165, 1.54) is 24.4 Å². The van der Waals surface area contributed by atoms with Crippen molar-refractivity contribution < 1.29 is 9.18 Å². The number of hydrogen-bond donors (Lipinski definition) is 0. The highest BCUT2D eigenvalue weighted by Crippen LogP contribution is 2.25. The summed E-state index contributed by atoms with van der Waals surface area (Å²) in [6.07, 6.45) is 3.16. The first-order valence-electron chi connectivity index (χ1n) is 6.00. The van der Waals surface area contributed by atoms with Crippen molar-refractivity contribution in [1.29, 1.82) is 0 Å². The SMILES string of the molecule is O=C(c1cccc(F)c1Cl)c1cncc2ccccc12. The number of halogens is 2. The van der Waals surface area contributed by atoms with Crippen molar-refractivity contribution in [2.24, 2.45) is 0 Å². The second kappa shape index (κ2) is 5.02. The predicted molar refractivity (Wildman–Crippen MR) is 76.6 cm³/mol. The number of rotatable bonds is 2. The fraction of sp³-hybridized carbons (Fsp3) is 0. The highest BCUT2D eigenvalue weighted by molar-refractivity contribution is 6.35. The van der Waals surface area contributed by atoms with Crippen molar-refractivity contribution in [1.82, 2.24) is 4.98 Å². The zero-order valence-corrected chi connectivity index (χ0v) is 11.1. The summed E-state index contributed by atoms with van der Waals surface area (Å²) in [7, 11) is 0. The van der Waals surface area contributed by atoms with Crippen LogP contribution in [0, 0.1) is 5.82 Å². The Morgan fingerprint density at radius 3 is 2.65 bits per heavy atom. The molecule has 2 aromatic carbocycles. The molecule has 0 atom stereocenters. The lowest BCUT2D eigenvalue weighted by molar-refractivity contribution is 0.103. The van der Waals surface area contributed by atoms with Gasteiger partial charge in [-0.3, -0.25) is 9.78 Å². The van der Waals surface area contributed by atoms with Crippen LogP contribution >= 0.6 is 11.6 Å². The smallest absolute Gasteiger partial charge is 0.196 e. The summed E-state index contributed by atoms with van der Waals surface area (Å²) in [5.41, 5.74) is 0.556. The van der Waals surface area contributed by atoms with Gasteiger partial charge in [-0.1, -0.05) is 41.9 Å². The molecule has 1 heterocycles. The maximum absolute atomic E-state index is 13.5. The minimum atomic E-state index is -0.606. The van der Waals surface area contributed by atoms with E-state index in [0.717, 1.165) is 10.8 Å². The third-order valence-corrected chi connectivity index (χ3v) is 3.49. The summed E-state index contributed by atoms with van der Waals surface area (Å²) in [6.45, 7) is 0. The highest BCUT2D eigenvalue weighted by Gasteiger charge is 2.17. The number of carbonyl (C=O) groups excluding carboxylic acids is 1. The first kappa shape index (κ1) is 12.8. The molecule has 20 heavy (non-hydrogen) atoms. The molecule has 0 spiro atoms. The molecule has 0 aliphatic rings. The first-order chi connectivity index (χ1) is 9.68. The van der Waals surface area contributed by atoms with Gasteiger partial charge in [0.2, 0.25) is 0 Å². The summed E-state index contributed by atoms with van der Waals surface area (Å²) >= 11 is 5.87. The van der Waals surface area contributed by atoms with E-state index in [0.29, 0.717) is 5.56 Å². The Balaban J connectivity index is 2.21. The molecule has 0 radical (unpaired) electrons. The number of carbonyl (C=O) groups is 1. The van der Waals surface area contributed by atoms with E-state index in [1.54, 1.807) is 6.20 Å². The normalized spacial score (nSPS) is 10.7. The molecule has 1 aromatic heterocycles. The standard InChI is InChI=1S/C16H9ClFNO/c17-15-12(6-3-7-14(15)18)16(20)13-9-19-8-10-4-1-2-5-11(10)13/h1-9H. The van der Waals surface area contributed by atoms with Crippen LogP contribution < -0.4 is 0 Å². The molecule has 0 bridgehead atoms. The van der Waals surface area contributed by atoms with Crippen LogP contribution in [0.5, 0.6) is 0 Å². The van der Waals surface area contributed by atoms with Crippen molar-refractivity contribution in [3.63, 3.8) is 0 Å². The average molecular weight is 286 g/mol. The maximum atomic E-state index is 13.5. The van der Waals surface area contributed by atoms with Crippen molar-refractivity contribution in [3.05, 3.63) is 76.8 Å². The zero-order valence-electron chi connectivity index (χ0n) is 10.3. The van der Waals surface area contributed by atoms with Crippen LogP contribution in [-0.4, -0.2) is 10.8 Å². The molecule has 3 aromatic rings. The van der Waals surface area contributed by atoms with Crippen LogP contribution in [0.4, 0.5) is 4.39 Å². The van der Waals surface area contributed by atoms with Gasteiger partial charge in [-0.2, -0.15) is 0 Å². The third kappa shape index (κ3) is 2.06. The van der Waals surface area contributed by atoms with Crippen LogP contribution in [0.1, 0.15) is 15.9 Å². The molecule has 98 valence electrons. The van der Waals surface area contributed by atoms with E-state index < -0.39 is 5.82 Å². The Kier molecular flexibility index (Phi) is 3.20. The molecule has 2 nitrogen and oxygen atoms in total. The lowest BCUT2D eigenvalue weighted by atomic mass is 9.99. The minimum absolute atomic E-state index is 0.143. The van der Waals surface area contributed by atoms with Crippen molar-refractivity contribution in [2.75, 3.05) is 0 Å². The molecule has 0 saturated carbocycles. The van der Waals surface area contributed by atoms with E-state index >= 15 is 0 Å². The monoisotopic (exact) mass is 285 g/mol. The van der Waals surface area contributed by atoms with E-state index in [1.807, 2.05) is 24.3 Å². The Morgan fingerprint density at radius 1 is 1.00 bits per heavy atom. The molecule has 0 amide bonds. The molecule has 0 unspecified atom stereocenters. The lowest BCUT2D eigenvalue weighted by Crippen LogP contribution is -2.04. The lowest BCUT2D eigenvalue weighted by Gasteiger charge is -2.07. The van der Waals surface area contributed by atoms with Crippen LogP contribution in [0.15, 0.2) is 54.9 Å². The third-order valence-electron chi connectivity index (χ3n) is 3.11. The number of ketones is 1. The predicted octanol–water partition coefficient (Wildman–Crippen LogP) is 4.26. The van der Waals surface area contributed by atoms with Gasteiger partial charge in [-0.25, -0.2) is 4.39 Å². The van der Waals surface area contributed by atoms with E-state index in [9.17, 15) is 9.18 Å². The molecular weight excluding hydrogens is 277 g/mol. The van der Waals surface area contributed by atoms with Gasteiger partial charge in [0.05, 0.1) is 5.02 Å². The number of hydrogen-bond acceptors (Lipinski definition) is 2. The molecule has 4 heteroatoms. The Morgan fingerprint density at radius 2 is 1.80 bits per heavy atom. The van der Waals surface area contributed by atoms with E-state index in [2.05, 4.69) is 4.98 Å². The molecule has 0 aliphatic heterocycles. The van der Waals surface area contributed by atoms with Gasteiger partial charge in [-0.15, -0.1) is 0 Å². The Bertz CT molecular complexity index is 811. The largest absolute Gasteiger partial charge is 0.288 e. The highest BCUT2D eigenvalue weighted by atomic mass is 35.5. The first-order valence-corrected chi connectivity index (χ1v) is 6.38. The van der Waals surface area contributed by atoms with Crippen LogP contribution in [0.25, 0.3) is 10.8 Å². The summed E-state index contributed by atoms with van der Waals surface area (Å²) in [5, 5.41) is 1.46. The molecular formula is C16H9ClFNO. The van der Waals surface area contributed by atoms with Gasteiger partial charge in [0.25, 0.3) is 0 Å². The second-order valence-corrected chi connectivity index (χ2v) is 4.72. The quantitative estimate of drug-likeness (QED) is 0.659. The van der Waals surface area contributed by atoms with Crippen molar-refractivity contribution in [2.45, 2.75) is 0 Å². The molecule has 0 saturated heterocycles. The van der Waals surface area contributed by atoms with Gasteiger partial charge in [0, 0.05) is 28.9 Å². The molecule has 3 rings (SSSR count). The number of benzene rings is 2. The Hall–Kier alpha value is -2.26. The summed E-state index contributed by atoms with van der Waals surface area (Å²) in [5.74, 6) is -0.940. The number of nitrogens with zero attached hydrogens (tertiary/aromatic N) is 1. The Labute approximate surface area is 119 Å². The number of aromatic nitrogens is 1. The van der Waals surface area contributed by atoms with Gasteiger partial charge in [-0.05, 0) is 17.5 Å². The zero-order chi connectivity index (χ0) is 14.1. The second-order valence-electron chi connectivity index (χ2n) is 4.34. The van der Waals surface area contributed by atoms with Crippen LogP contribution in [-0.2, 0) is 0 Å². The fourth-order valence-corrected chi connectivity index (χ4v) is 2.33. The average Bonchev–Trinajstić information content (AvgIpc) is 2.49. The minimum Gasteiger partial charge on any atom is -0.288 e. The fourth-order valence-electron chi connectivity index (χ4n) is 2.12. The van der Waals surface area contributed by atoms with Gasteiger partial charge < -0.3 is 0 Å². The van der Waals surface area contributed by atoms with Crippen molar-refractivity contribution in [3.8, 4) is 0 Å². The van der Waals surface area contributed by atoms with Gasteiger partial charge in [0.1, 0.15) is 5.82 Å². The van der Waals surface area contributed by atoms with Gasteiger partial charge in [0.15, 0.2) is 5.78 Å². The van der Waals surface area contributed by atoms with E-state index in [4.69, 9.17) is 11.6 Å². The summed E-state index contributed by atoms with van der Waals surface area (Å²) in [4.78, 5) is 16.6. The topological polar surface area (TPSA) is 30.0 Å². The summed E-state index contributed by atoms with van der Waals surface area (Å²) < 4.78 is 13.5. The summed E-state index contributed by atoms with van der Waals surface area (Å²) in [6, 6.07) is 11.6. The van der Waals surface area contributed by atoms with Crippen molar-refractivity contribution >= 4 is 28.2 Å². The maximum Gasteiger partial charge on any atom is 0.196 e. The number of fused-ring (bicyclic) bond motifs is 1. The molecule has 0 aliphatic carbocycles. The van der Waals surface area contributed by atoms with Crippen LogP contribution in [0.3, 0.4) is 0 Å².